The number of hydrogen-bond donors (Lipinski definition) is 1. The third kappa shape index (κ3) is 2.04. The van der Waals surface area contributed by atoms with Crippen molar-refractivity contribution in [3.8, 4) is 5.75 Å². The molecule has 0 heterocycles. The minimum atomic E-state index is 0.110. The van der Waals surface area contributed by atoms with E-state index in [0.717, 1.165) is 23.7 Å². The van der Waals surface area contributed by atoms with E-state index in [1.54, 1.807) is 7.11 Å². The molecule has 0 radical (unpaired) electrons. The minimum absolute atomic E-state index is 0.110. The second kappa shape index (κ2) is 4.51. The van der Waals surface area contributed by atoms with Crippen LogP contribution in [0.1, 0.15) is 44.4 Å². The first-order chi connectivity index (χ1) is 8.01. The quantitative estimate of drug-likeness (QED) is 0.887. The zero-order valence-corrected chi connectivity index (χ0v) is 11.7. The van der Waals surface area contributed by atoms with Crippen LogP contribution in [0.3, 0.4) is 0 Å². The molecule has 94 valence electrons. The van der Waals surface area contributed by atoms with Crippen molar-refractivity contribution in [2.75, 3.05) is 13.7 Å². The van der Waals surface area contributed by atoms with Crippen LogP contribution in [0.5, 0.6) is 5.75 Å². The molecule has 17 heavy (non-hydrogen) atoms. The molecule has 2 rings (SSSR count). The summed E-state index contributed by atoms with van der Waals surface area (Å²) in [6.07, 6.45) is 1.07. The molecule has 0 saturated heterocycles. The summed E-state index contributed by atoms with van der Waals surface area (Å²) in [7, 11) is 1.72. The Morgan fingerprint density at radius 3 is 2.76 bits per heavy atom. The summed E-state index contributed by atoms with van der Waals surface area (Å²) in [4.78, 5) is 0. The van der Waals surface area contributed by atoms with Gasteiger partial charge in [-0.2, -0.15) is 0 Å². The van der Waals surface area contributed by atoms with Crippen LogP contribution in [0, 0.1) is 0 Å². The van der Waals surface area contributed by atoms with E-state index in [9.17, 15) is 0 Å². The monoisotopic (exact) mass is 253 g/mol. The van der Waals surface area contributed by atoms with Gasteiger partial charge in [0.2, 0.25) is 0 Å². The predicted molar refractivity (Wildman–Crippen MR) is 72.1 cm³/mol. The molecule has 1 aromatic rings. The van der Waals surface area contributed by atoms with Gasteiger partial charge in [0.15, 0.2) is 0 Å². The standard InChI is InChI=1S/C14H20ClNO/c1-5-16-10-8-14(2,3)13-11(17-4)7-6-9(15)12(10)13/h6-7,10,16H,5,8H2,1-4H3. The summed E-state index contributed by atoms with van der Waals surface area (Å²) in [6.45, 7) is 7.58. The maximum absolute atomic E-state index is 6.36. The van der Waals surface area contributed by atoms with Crippen molar-refractivity contribution in [3.63, 3.8) is 0 Å². The molecule has 1 aliphatic carbocycles. The lowest BCUT2D eigenvalue weighted by molar-refractivity contribution is 0.387. The van der Waals surface area contributed by atoms with Gasteiger partial charge in [0.1, 0.15) is 5.75 Å². The van der Waals surface area contributed by atoms with Gasteiger partial charge in [-0.05, 0) is 36.1 Å². The third-order valence-corrected chi connectivity index (χ3v) is 3.89. The molecule has 1 atom stereocenters. The molecule has 0 aromatic heterocycles. The first-order valence-corrected chi connectivity index (χ1v) is 6.49. The molecule has 1 aliphatic rings. The van der Waals surface area contributed by atoms with Gasteiger partial charge in [-0.3, -0.25) is 0 Å². The van der Waals surface area contributed by atoms with Crippen molar-refractivity contribution in [2.24, 2.45) is 0 Å². The van der Waals surface area contributed by atoms with Crippen molar-refractivity contribution >= 4 is 11.6 Å². The van der Waals surface area contributed by atoms with Gasteiger partial charge < -0.3 is 10.1 Å². The molecule has 0 fully saturated rings. The largest absolute Gasteiger partial charge is 0.496 e. The summed E-state index contributed by atoms with van der Waals surface area (Å²) >= 11 is 6.36. The second-order valence-corrected chi connectivity index (χ2v) is 5.64. The molecular formula is C14H20ClNO. The van der Waals surface area contributed by atoms with Gasteiger partial charge >= 0.3 is 0 Å². The lowest BCUT2D eigenvalue weighted by Crippen LogP contribution is -2.21. The van der Waals surface area contributed by atoms with Crippen LogP contribution in [-0.4, -0.2) is 13.7 Å². The number of benzene rings is 1. The fraction of sp³-hybridized carbons (Fsp3) is 0.571. The first kappa shape index (κ1) is 12.7. The summed E-state index contributed by atoms with van der Waals surface area (Å²) in [6, 6.07) is 4.25. The van der Waals surface area contributed by atoms with E-state index in [0.29, 0.717) is 6.04 Å². The van der Waals surface area contributed by atoms with E-state index in [2.05, 4.69) is 26.1 Å². The number of nitrogens with one attached hydrogen (secondary N) is 1. The van der Waals surface area contributed by atoms with Crippen LogP contribution < -0.4 is 10.1 Å². The smallest absolute Gasteiger partial charge is 0.123 e. The molecule has 1 unspecified atom stereocenters. The molecule has 1 N–H and O–H groups in total. The number of halogens is 1. The van der Waals surface area contributed by atoms with Gasteiger partial charge in [0.05, 0.1) is 7.11 Å². The van der Waals surface area contributed by atoms with E-state index in [4.69, 9.17) is 16.3 Å². The first-order valence-electron chi connectivity index (χ1n) is 6.11. The molecule has 0 aliphatic heterocycles. The Morgan fingerprint density at radius 2 is 2.18 bits per heavy atom. The van der Waals surface area contributed by atoms with E-state index < -0.39 is 0 Å². The van der Waals surface area contributed by atoms with Crippen LogP contribution in [0.25, 0.3) is 0 Å². The molecule has 2 nitrogen and oxygen atoms in total. The Kier molecular flexibility index (Phi) is 3.37. The van der Waals surface area contributed by atoms with Gasteiger partial charge in [0, 0.05) is 16.6 Å². The Balaban J connectivity index is 2.59. The summed E-state index contributed by atoms with van der Waals surface area (Å²) in [5, 5.41) is 4.35. The van der Waals surface area contributed by atoms with Crippen LogP contribution in [0.15, 0.2) is 12.1 Å². The fourth-order valence-electron chi connectivity index (χ4n) is 2.92. The topological polar surface area (TPSA) is 21.3 Å². The zero-order chi connectivity index (χ0) is 12.6. The molecule has 1 aromatic carbocycles. The van der Waals surface area contributed by atoms with E-state index in [1.807, 2.05) is 12.1 Å². The van der Waals surface area contributed by atoms with Crippen LogP contribution in [-0.2, 0) is 5.41 Å². The van der Waals surface area contributed by atoms with Crippen molar-refractivity contribution in [3.05, 3.63) is 28.3 Å². The average Bonchev–Trinajstić information content (AvgIpc) is 2.53. The highest BCUT2D eigenvalue weighted by molar-refractivity contribution is 6.31. The molecule has 0 spiro atoms. The van der Waals surface area contributed by atoms with Crippen molar-refractivity contribution in [1.29, 1.82) is 0 Å². The Labute approximate surface area is 108 Å². The predicted octanol–water partition coefficient (Wildman–Crippen LogP) is 3.68. The molecule has 0 saturated carbocycles. The lowest BCUT2D eigenvalue weighted by Gasteiger charge is -2.21. The summed E-state index contributed by atoms with van der Waals surface area (Å²) in [5.74, 6) is 0.954. The van der Waals surface area contributed by atoms with E-state index in [1.165, 1.54) is 11.1 Å². The Morgan fingerprint density at radius 1 is 1.47 bits per heavy atom. The number of rotatable bonds is 3. The molecule has 0 bridgehead atoms. The lowest BCUT2D eigenvalue weighted by atomic mass is 9.86. The number of fused-ring (bicyclic) bond motifs is 1. The normalized spacial score (nSPS) is 21.4. The number of methoxy groups -OCH3 is 1. The average molecular weight is 254 g/mol. The molecular weight excluding hydrogens is 234 g/mol. The Hall–Kier alpha value is -0.730. The van der Waals surface area contributed by atoms with Gasteiger partial charge in [-0.25, -0.2) is 0 Å². The van der Waals surface area contributed by atoms with Gasteiger partial charge in [-0.1, -0.05) is 32.4 Å². The highest BCUT2D eigenvalue weighted by Crippen LogP contribution is 2.51. The maximum Gasteiger partial charge on any atom is 0.123 e. The van der Waals surface area contributed by atoms with Crippen LogP contribution in [0.4, 0.5) is 0 Å². The van der Waals surface area contributed by atoms with E-state index in [-0.39, 0.29) is 5.41 Å². The number of hydrogen-bond acceptors (Lipinski definition) is 2. The van der Waals surface area contributed by atoms with Gasteiger partial charge in [0.25, 0.3) is 0 Å². The van der Waals surface area contributed by atoms with Crippen LogP contribution in [0.2, 0.25) is 5.02 Å². The summed E-state index contributed by atoms with van der Waals surface area (Å²) in [5.41, 5.74) is 2.59. The third-order valence-electron chi connectivity index (χ3n) is 3.56. The Bertz CT molecular complexity index is 428. The SMILES string of the molecule is CCNC1CC(C)(C)c2c(OC)ccc(Cl)c21. The van der Waals surface area contributed by atoms with E-state index >= 15 is 0 Å². The highest BCUT2D eigenvalue weighted by Gasteiger charge is 2.40. The fourth-order valence-corrected chi connectivity index (χ4v) is 3.21. The second-order valence-electron chi connectivity index (χ2n) is 5.24. The van der Waals surface area contributed by atoms with Crippen molar-refractivity contribution < 1.29 is 4.74 Å². The minimum Gasteiger partial charge on any atom is -0.496 e. The molecule has 3 heteroatoms. The van der Waals surface area contributed by atoms with Crippen molar-refractivity contribution in [2.45, 2.75) is 38.6 Å². The zero-order valence-electron chi connectivity index (χ0n) is 10.9. The summed E-state index contributed by atoms with van der Waals surface area (Å²) < 4.78 is 5.49. The van der Waals surface area contributed by atoms with Crippen LogP contribution >= 0.6 is 11.6 Å². The van der Waals surface area contributed by atoms with Gasteiger partial charge in [-0.15, -0.1) is 0 Å². The highest BCUT2D eigenvalue weighted by atomic mass is 35.5. The maximum atomic E-state index is 6.36. The number of ether oxygens (including phenoxy) is 1. The van der Waals surface area contributed by atoms with Crippen molar-refractivity contribution in [1.82, 2.24) is 5.32 Å². The molecule has 0 amide bonds.